The summed E-state index contributed by atoms with van der Waals surface area (Å²) in [6.07, 6.45) is 3.40. The molecule has 0 aliphatic carbocycles. The van der Waals surface area contributed by atoms with Crippen molar-refractivity contribution in [2.24, 2.45) is 0 Å². The lowest BCUT2D eigenvalue weighted by molar-refractivity contribution is -0.124. The number of nitrogens with one attached hydrogen (secondary N) is 2. The van der Waals surface area contributed by atoms with E-state index in [2.05, 4.69) is 10.6 Å². The minimum absolute atomic E-state index is 0.0348. The second kappa shape index (κ2) is 14.4. The maximum atomic E-state index is 13.8. The molecule has 5 rings (SSSR count). The summed E-state index contributed by atoms with van der Waals surface area (Å²) in [5.41, 5.74) is 3.67. The van der Waals surface area contributed by atoms with Crippen LogP contribution in [0.2, 0.25) is 0 Å². The molecule has 0 aromatic heterocycles. The van der Waals surface area contributed by atoms with Gasteiger partial charge in [-0.15, -0.1) is 0 Å². The van der Waals surface area contributed by atoms with Gasteiger partial charge in [-0.2, -0.15) is 0 Å². The lowest BCUT2D eigenvalue weighted by Crippen LogP contribution is -2.33. The summed E-state index contributed by atoms with van der Waals surface area (Å²) < 4.78 is 17.4. The molecule has 0 bridgehead atoms. The predicted octanol–water partition coefficient (Wildman–Crippen LogP) is 4.77. The van der Waals surface area contributed by atoms with Crippen molar-refractivity contribution in [3.05, 3.63) is 113 Å². The van der Waals surface area contributed by atoms with Crippen molar-refractivity contribution in [2.75, 3.05) is 27.3 Å². The van der Waals surface area contributed by atoms with Crippen LogP contribution in [0.5, 0.6) is 34.5 Å². The van der Waals surface area contributed by atoms with Crippen molar-refractivity contribution in [1.29, 1.82) is 0 Å². The molecule has 0 saturated heterocycles. The monoisotopic (exact) mass is 624 g/mol. The predicted molar refractivity (Wildman–Crippen MR) is 172 cm³/mol. The second-order valence-electron chi connectivity index (χ2n) is 10.9. The first-order chi connectivity index (χ1) is 22.2. The van der Waals surface area contributed by atoms with Gasteiger partial charge >= 0.3 is 0 Å². The Morgan fingerprint density at radius 3 is 2.02 bits per heavy atom. The molecule has 2 amide bonds. The molecule has 10 nitrogen and oxygen atoms in total. The van der Waals surface area contributed by atoms with Gasteiger partial charge in [0.15, 0.2) is 11.5 Å². The molecule has 4 aromatic carbocycles. The standard InChI is InChI=1S/C36H36N2O8/c1-44-29-20-25(19-28(41)21-29)34-33(36(43)38-16-14-23-5-10-27(40)11-6-23)30-17-24(18-31(45-2)35(30)46-34)7-12-32(42)37-15-13-22-3-8-26(39)9-4-22/h3-12,17-21,33-34,39-41H,13-16H2,1-2H3,(H,37,42)(H,38,43)/b12-7+/t33-,34-/m0/s1. The summed E-state index contributed by atoms with van der Waals surface area (Å²) in [4.78, 5) is 26.4. The third-order valence-corrected chi connectivity index (χ3v) is 7.69. The van der Waals surface area contributed by atoms with E-state index >= 15 is 0 Å². The van der Waals surface area contributed by atoms with Crippen LogP contribution < -0.4 is 24.8 Å². The number of amides is 2. The maximum Gasteiger partial charge on any atom is 0.244 e. The molecular formula is C36H36N2O8. The molecule has 0 fully saturated rings. The van der Waals surface area contributed by atoms with Crippen LogP contribution in [0.3, 0.4) is 0 Å². The zero-order chi connectivity index (χ0) is 32.6. The third kappa shape index (κ3) is 7.71. The first kappa shape index (κ1) is 31.8. The average molecular weight is 625 g/mol. The van der Waals surface area contributed by atoms with Gasteiger partial charge in [0.2, 0.25) is 11.8 Å². The first-order valence-corrected chi connectivity index (χ1v) is 14.8. The number of carbonyl (C=O) groups is 2. The van der Waals surface area contributed by atoms with E-state index in [1.807, 2.05) is 0 Å². The fourth-order valence-electron chi connectivity index (χ4n) is 5.36. The number of hydrogen-bond acceptors (Lipinski definition) is 8. The first-order valence-electron chi connectivity index (χ1n) is 14.8. The number of phenolic OH excluding ortho intramolecular Hbond substituents is 3. The van der Waals surface area contributed by atoms with Gasteiger partial charge in [-0.3, -0.25) is 9.59 Å². The SMILES string of the molecule is COc1cc(O)cc([C@@H]2Oc3c(OC)cc(/C=C/C(=O)NCCc4ccc(O)cc4)cc3[C@@H]2C(=O)NCCc2ccc(O)cc2)c1. The van der Waals surface area contributed by atoms with Crippen molar-refractivity contribution in [2.45, 2.75) is 24.9 Å². The van der Waals surface area contributed by atoms with Gasteiger partial charge in [-0.05, 0) is 84.1 Å². The molecule has 0 radical (unpaired) electrons. The topological polar surface area (TPSA) is 147 Å². The van der Waals surface area contributed by atoms with E-state index in [-0.39, 0.29) is 29.1 Å². The van der Waals surface area contributed by atoms with Crippen LogP contribution in [0.25, 0.3) is 6.08 Å². The van der Waals surface area contributed by atoms with Gasteiger partial charge in [-0.25, -0.2) is 0 Å². The number of ether oxygens (including phenoxy) is 3. The fourth-order valence-corrected chi connectivity index (χ4v) is 5.36. The van der Waals surface area contributed by atoms with Crippen LogP contribution in [0.15, 0.2) is 84.9 Å². The Balaban J connectivity index is 1.37. The molecule has 0 saturated carbocycles. The number of phenols is 3. The number of aromatic hydroxyl groups is 3. The molecule has 1 aliphatic heterocycles. The number of fused-ring (bicyclic) bond motifs is 1. The molecule has 5 N–H and O–H groups in total. The fraction of sp³-hybridized carbons (Fsp3) is 0.222. The molecule has 0 spiro atoms. The Kier molecular flexibility index (Phi) is 9.97. The van der Waals surface area contributed by atoms with Crippen molar-refractivity contribution in [3.8, 4) is 34.5 Å². The van der Waals surface area contributed by atoms with Crippen molar-refractivity contribution in [3.63, 3.8) is 0 Å². The lowest BCUT2D eigenvalue weighted by atomic mass is 9.89. The maximum absolute atomic E-state index is 13.8. The summed E-state index contributed by atoms with van der Waals surface area (Å²) in [7, 11) is 2.99. The van der Waals surface area contributed by atoms with Gasteiger partial charge in [0.25, 0.3) is 0 Å². The molecule has 0 unspecified atom stereocenters. The Morgan fingerprint density at radius 2 is 1.41 bits per heavy atom. The van der Waals surface area contributed by atoms with E-state index in [0.717, 1.165) is 11.1 Å². The highest BCUT2D eigenvalue weighted by Gasteiger charge is 2.42. The van der Waals surface area contributed by atoms with E-state index in [0.29, 0.717) is 59.9 Å². The number of carbonyl (C=O) groups excluding carboxylic acids is 2. The quantitative estimate of drug-likeness (QED) is 0.142. The molecule has 238 valence electrons. The van der Waals surface area contributed by atoms with Crippen LogP contribution in [-0.2, 0) is 22.4 Å². The molecule has 10 heteroatoms. The Hall–Kier alpha value is -5.64. The summed E-state index contributed by atoms with van der Waals surface area (Å²) in [6.45, 7) is 0.753. The molecule has 1 aliphatic rings. The summed E-state index contributed by atoms with van der Waals surface area (Å²) in [5, 5.41) is 35.3. The van der Waals surface area contributed by atoms with Crippen LogP contribution in [0.1, 0.15) is 39.8 Å². The molecule has 2 atom stereocenters. The van der Waals surface area contributed by atoms with Crippen molar-refractivity contribution in [1.82, 2.24) is 10.6 Å². The molecule has 46 heavy (non-hydrogen) atoms. The summed E-state index contributed by atoms with van der Waals surface area (Å²) in [6, 6.07) is 21.8. The number of hydrogen-bond donors (Lipinski definition) is 5. The van der Waals surface area contributed by atoms with Gasteiger partial charge in [-0.1, -0.05) is 24.3 Å². The minimum Gasteiger partial charge on any atom is -0.508 e. The number of methoxy groups -OCH3 is 2. The molecule has 4 aromatic rings. The molecular weight excluding hydrogens is 588 g/mol. The smallest absolute Gasteiger partial charge is 0.244 e. The van der Waals surface area contributed by atoms with E-state index in [4.69, 9.17) is 14.2 Å². The lowest BCUT2D eigenvalue weighted by Gasteiger charge is -2.20. The van der Waals surface area contributed by atoms with E-state index in [9.17, 15) is 24.9 Å². The van der Waals surface area contributed by atoms with E-state index in [1.54, 1.807) is 72.8 Å². The van der Waals surface area contributed by atoms with Gasteiger partial charge < -0.3 is 40.2 Å². The van der Waals surface area contributed by atoms with Crippen LogP contribution >= 0.6 is 0 Å². The summed E-state index contributed by atoms with van der Waals surface area (Å²) >= 11 is 0. The minimum atomic E-state index is -0.817. The van der Waals surface area contributed by atoms with E-state index in [1.165, 1.54) is 32.4 Å². The highest BCUT2D eigenvalue weighted by Crippen LogP contribution is 2.52. The second-order valence-corrected chi connectivity index (χ2v) is 10.9. The zero-order valence-corrected chi connectivity index (χ0v) is 25.5. The van der Waals surface area contributed by atoms with Crippen molar-refractivity contribution >= 4 is 17.9 Å². The number of rotatable bonds is 12. The van der Waals surface area contributed by atoms with Gasteiger partial charge in [0.1, 0.15) is 35.0 Å². The van der Waals surface area contributed by atoms with Crippen LogP contribution in [0.4, 0.5) is 0 Å². The van der Waals surface area contributed by atoms with Crippen LogP contribution in [-0.4, -0.2) is 54.4 Å². The van der Waals surface area contributed by atoms with Crippen LogP contribution in [0, 0.1) is 0 Å². The summed E-state index contributed by atoms with van der Waals surface area (Å²) in [5.74, 6) is 0.117. The highest BCUT2D eigenvalue weighted by molar-refractivity contribution is 5.92. The van der Waals surface area contributed by atoms with Gasteiger partial charge in [0.05, 0.1) is 14.2 Å². The highest BCUT2D eigenvalue weighted by atomic mass is 16.5. The van der Waals surface area contributed by atoms with Crippen molar-refractivity contribution < 1.29 is 39.1 Å². The zero-order valence-electron chi connectivity index (χ0n) is 25.5. The number of benzene rings is 4. The third-order valence-electron chi connectivity index (χ3n) is 7.69. The van der Waals surface area contributed by atoms with Gasteiger partial charge in [0, 0.05) is 36.4 Å². The van der Waals surface area contributed by atoms with E-state index < -0.39 is 12.0 Å². The Bertz CT molecular complexity index is 1720. The average Bonchev–Trinajstić information content (AvgIpc) is 3.44. The Labute approximate surface area is 266 Å². The largest absolute Gasteiger partial charge is 0.508 e. The normalized spacial score (nSPS) is 15.2. The Morgan fingerprint density at radius 1 is 0.783 bits per heavy atom. The molecule has 1 heterocycles.